The van der Waals surface area contributed by atoms with Gasteiger partial charge in [0.25, 0.3) is 0 Å². The van der Waals surface area contributed by atoms with E-state index >= 15 is 0 Å². The fourth-order valence-corrected chi connectivity index (χ4v) is 1.76. The van der Waals surface area contributed by atoms with Crippen molar-refractivity contribution in [3.63, 3.8) is 0 Å². The number of nitrogens with one attached hydrogen (secondary N) is 1. The molecule has 0 aliphatic rings. The zero-order valence-corrected chi connectivity index (χ0v) is 10.9. The number of halogens is 1. The SMILES string of the molecule is CC(C)NCc1ccc(F)c(-c2ccn(C)n2)c1. The van der Waals surface area contributed by atoms with Gasteiger partial charge < -0.3 is 5.32 Å². The van der Waals surface area contributed by atoms with Crippen molar-refractivity contribution >= 4 is 0 Å². The Hall–Kier alpha value is -1.68. The summed E-state index contributed by atoms with van der Waals surface area (Å²) >= 11 is 0. The van der Waals surface area contributed by atoms with E-state index in [9.17, 15) is 4.39 Å². The summed E-state index contributed by atoms with van der Waals surface area (Å²) in [6.07, 6.45) is 1.81. The topological polar surface area (TPSA) is 29.9 Å². The van der Waals surface area contributed by atoms with Crippen LogP contribution in [0, 0.1) is 5.82 Å². The normalized spacial score (nSPS) is 11.2. The lowest BCUT2D eigenvalue weighted by molar-refractivity contribution is 0.586. The minimum Gasteiger partial charge on any atom is -0.310 e. The molecule has 0 spiro atoms. The van der Waals surface area contributed by atoms with E-state index in [2.05, 4.69) is 24.3 Å². The van der Waals surface area contributed by atoms with Crippen LogP contribution in [0.2, 0.25) is 0 Å². The molecule has 1 aromatic carbocycles. The summed E-state index contributed by atoms with van der Waals surface area (Å²) < 4.78 is 15.5. The van der Waals surface area contributed by atoms with Gasteiger partial charge in [-0.05, 0) is 23.8 Å². The zero-order chi connectivity index (χ0) is 13.1. The van der Waals surface area contributed by atoms with Crippen molar-refractivity contribution in [3.8, 4) is 11.3 Å². The standard InChI is InChI=1S/C14H18FN3/c1-10(2)16-9-11-4-5-13(15)12(8-11)14-6-7-18(3)17-14/h4-8,10,16H,9H2,1-3H3. The number of rotatable bonds is 4. The number of benzene rings is 1. The predicted molar refractivity (Wildman–Crippen MR) is 70.6 cm³/mol. The molecule has 0 radical (unpaired) electrons. The van der Waals surface area contributed by atoms with Crippen LogP contribution in [0.25, 0.3) is 11.3 Å². The highest BCUT2D eigenvalue weighted by Crippen LogP contribution is 2.22. The Kier molecular flexibility index (Phi) is 3.77. The van der Waals surface area contributed by atoms with Crippen molar-refractivity contribution in [2.75, 3.05) is 0 Å². The molecule has 0 aliphatic carbocycles. The number of aromatic nitrogens is 2. The number of aryl methyl sites for hydroxylation is 1. The van der Waals surface area contributed by atoms with Gasteiger partial charge in [-0.15, -0.1) is 0 Å². The van der Waals surface area contributed by atoms with E-state index in [-0.39, 0.29) is 5.82 Å². The molecule has 0 saturated heterocycles. The molecule has 1 aromatic heterocycles. The second kappa shape index (κ2) is 5.31. The molecule has 2 rings (SSSR count). The first-order valence-corrected chi connectivity index (χ1v) is 6.08. The van der Waals surface area contributed by atoms with Crippen LogP contribution in [0.4, 0.5) is 4.39 Å². The molecule has 2 aromatic rings. The quantitative estimate of drug-likeness (QED) is 0.900. The molecule has 0 fully saturated rings. The van der Waals surface area contributed by atoms with Crippen molar-refractivity contribution in [2.45, 2.75) is 26.4 Å². The molecule has 0 aliphatic heterocycles. The van der Waals surface area contributed by atoms with Crippen LogP contribution in [0.15, 0.2) is 30.5 Å². The van der Waals surface area contributed by atoms with E-state index in [1.807, 2.05) is 25.4 Å². The molecular weight excluding hydrogens is 229 g/mol. The monoisotopic (exact) mass is 247 g/mol. The lowest BCUT2D eigenvalue weighted by Crippen LogP contribution is -2.21. The third kappa shape index (κ3) is 2.96. The Morgan fingerprint density at radius 3 is 2.72 bits per heavy atom. The molecule has 1 N–H and O–H groups in total. The van der Waals surface area contributed by atoms with Crippen LogP contribution in [0.1, 0.15) is 19.4 Å². The largest absolute Gasteiger partial charge is 0.310 e. The van der Waals surface area contributed by atoms with Gasteiger partial charge in [0.1, 0.15) is 5.82 Å². The second-order valence-electron chi connectivity index (χ2n) is 4.72. The highest BCUT2D eigenvalue weighted by atomic mass is 19.1. The van der Waals surface area contributed by atoms with E-state index in [1.165, 1.54) is 6.07 Å². The number of nitrogens with zero attached hydrogens (tertiary/aromatic N) is 2. The summed E-state index contributed by atoms with van der Waals surface area (Å²) in [7, 11) is 1.82. The van der Waals surface area contributed by atoms with E-state index < -0.39 is 0 Å². The summed E-state index contributed by atoms with van der Waals surface area (Å²) in [5, 5.41) is 7.55. The van der Waals surface area contributed by atoms with Gasteiger partial charge in [-0.1, -0.05) is 19.9 Å². The Labute approximate surface area is 107 Å². The van der Waals surface area contributed by atoms with Crippen LogP contribution in [-0.4, -0.2) is 15.8 Å². The van der Waals surface area contributed by atoms with E-state index in [4.69, 9.17) is 0 Å². The average Bonchev–Trinajstić information content (AvgIpc) is 2.74. The van der Waals surface area contributed by atoms with E-state index in [0.29, 0.717) is 17.3 Å². The van der Waals surface area contributed by atoms with Gasteiger partial charge in [0.05, 0.1) is 5.69 Å². The molecule has 0 atom stereocenters. The van der Waals surface area contributed by atoms with Gasteiger partial charge in [0, 0.05) is 31.4 Å². The highest BCUT2D eigenvalue weighted by molar-refractivity contribution is 5.60. The summed E-state index contributed by atoms with van der Waals surface area (Å²) in [5.74, 6) is -0.234. The molecule has 0 saturated carbocycles. The van der Waals surface area contributed by atoms with Gasteiger partial charge in [-0.2, -0.15) is 5.10 Å². The lowest BCUT2D eigenvalue weighted by Gasteiger charge is -2.09. The Morgan fingerprint density at radius 1 is 1.33 bits per heavy atom. The van der Waals surface area contributed by atoms with Crippen LogP contribution in [0.3, 0.4) is 0 Å². The molecule has 1 heterocycles. The predicted octanol–water partition coefficient (Wildman–Crippen LogP) is 2.72. The minimum absolute atomic E-state index is 0.234. The van der Waals surface area contributed by atoms with Crippen LogP contribution < -0.4 is 5.32 Å². The zero-order valence-electron chi connectivity index (χ0n) is 10.9. The Morgan fingerprint density at radius 2 is 2.11 bits per heavy atom. The minimum atomic E-state index is -0.234. The van der Waals surface area contributed by atoms with E-state index in [1.54, 1.807) is 10.7 Å². The maximum Gasteiger partial charge on any atom is 0.132 e. The maximum atomic E-state index is 13.8. The van der Waals surface area contributed by atoms with Crippen LogP contribution >= 0.6 is 0 Å². The molecule has 0 unspecified atom stereocenters. The van der Waals surface area contributed by atoms with Gasteiger partial charge in [0.2, 0.25) is 0 Å². The average molecular weight is 247 g/mol. The van der Waals surface area contributed by atoms with E-state index in [0.717, 1.165) is 12.1 Å². The summed E-state index contributed by atoms with van der Waals surface area (Å²) in [4.78, 5) is 0. The molecule has 18 heavy (non-hydrogen) atoms. The summed E-state index contributed by atoms with van der Waals surface area (Å²) in [6, 6.07) is 7.39. The first kappa shape index (κ1) is 12.8. The van der Waals surface area contributed by atoms with Crippen LogP contribution in [0.5, 0.6) is 0 Å². The van der Waals surface area contributed by atoms with Gasteiger partial charge in [-0.3, -0.25) is 4.68 Å². The Bertz CT molecular complexity index is 532. The third-order valence-electron chi connectivity index (χ3n) is 2.73. The molecular formula is C14H18FN3. The first-order chi connectivity index (χ1) is 8.56. The second-order valence-corrected chi connectivity index (χ2v) is 4.72. The smallest absolute Gasteiger partial charge is 0.132 e. The van der Waals surface area contributed by atoms with Crippen molar-refractivity contribution < 1.29 is 4.39 Å². The van der Waals surface area contributed by atoms with Gasteiger partial charge in [-0.25, -0.2) is 4.39 Å². The van der Waals surface area contributed by atoms with Gasteiger partial charge >= 0.3 is 0 Å². The van der Waals surface area contributed by atoms with Crippen molar-refractivity contribution in [1.82, 2.24) is 15.1 Å². The number of hydrogen-bond acceptors (Lipinski definition) is 2. The molecule has 0 bridgehead atoms. The molecule has 0 amide bonds. The molecule has 96 valence electrons. The Balaban J connectivity index is 2.27. The van der Waals surface area contributed by atoms with Crippen LogP contribution in [-0.2, 0) is 13.6 Å². The summed E-state index contributed by atoms with van der Waals surface area (Å²) in [6.45, 7) is 4.91. The summed E-state index contributed by atoms with van der Waals surface area (Å²) in [5.41, 5.74) is 2.28. The molecule has 4 heteroatoms. The number of hydrogen-bond donors (Lipinski definition) is 1. The highest BCUT2D eigenvalue weighted by Gasteiger charge is 2.09. The van der Waals surface area contributed by atoms with Gasteiger partial charge in [0.15, 0.2) is 0 Å². The fraction of sp³-hybridized carbons (Fsp3) is 0.357. The fourth-order valence-electron chi connectivity index (χ4n) is 1.76. The first-order valence-electron chi connectivity index (χ1n) is 6.08. The maximum absolute atomic E-state index is 13.8. The molecule has 3 nitrogen and oxygen atoms in total. The third-order valence-corrected chi connectivity index (χ3v) is 2.73. The lowest BCUT2D eigenvalue weighted by atomic mass is 10.1. The van der Waals surface area contributed by atoms with Crippen molar-refractivity contribution in [1.29, 1.82) is 0 Å². The van der Waals surface area contributed by atoms with Crippen molar-refractivity contribution in [2.24, 2.45) is 7.05 Å². The van der Waals surface area contributed by atoms with Crippen molar-refractivity contribution in [3.05, 3.63) is 41.8 Å².